The highest BCUT2D eigenvalue weighted by molar-refractivity contribution is 6.02. The molecule has 0 saturated carbocycles. The fourth-order valence-corrected chi connectivity index (χ4v) is 4.87. The van der Waals surface area contributed by atoms with Crippen LogP contribution in [0.1, 0.15) is 69.3 Å². The molecule has 1 fully saturated rings. The van der Waals surface area contributed by atoms with Crippen LogP contribution >= 0.6 is 0 Å². The SMILES string of the molecule is CC[C@H](C(=O)N1CCCN(c2ccc(NC(=O)C(C)C)cc2C(=O)N(CC)CC)CC1)c1ccccc1. The summed E-state index contributed by atoms with van der Waals surface area (Å²) in [5, 5.41) is 2.93. The van der Waals surface area contributed by atoms with Crippen molar-refractivity contribution in [1.82, 2.24) is 9.80 Å². The molecule has 1 N–H and O–H groups in total. The van der Waals surface area contributed by atoms with E-state index in [1.807, 2.05) is 75.1 Å². The van der Waals surface area contributed by atoms with E-state index in [0.29, 0.717) is 44.0 Å². The number of nitrogens with zero attached hydrogens (tertiary/aromatic N) is 3. The third-order valence-electron chi connectivity index (χ3n) is 7.13. The number of rotatable bonds is 9. The van der Waals surface area contributed by atoms with Crippen LogP contribution in [0.15, 0.2) is 48.5 Å². The summed E-state index contributed by atoms with van der Waals surface area (Å²) >= 11 is 0. The molecule has 0 spiro atoms. The molecule has 2 aromatic rings. The number of benzene rings is 2. The van der Waals surface area contributed by atoms with Gasteiger partial charge < -0.3 is 20.0 Å². The fourth-order valence-electron chi connectivity index (χ4n) is 4.87. The van der Waals surface area contributed by atoms with E-state index in [1.165, 1.54) is 0 Å². The minimum Gasteiger partial charge on any atom is -0.369 e. The number of anilines is 2. The predicted molar refractivity (Wildman–Crippen MR) is 150 cm³/mol. The van der Waals surface area contributed by atoms with Crippen molar-refractivity contribution in [2.75, 3.05) is 49.5 Å². The molecular weight excluding hydrogens is 464 g/mol. The lowest BCUT2D eigenvalue weighted by Gasteiger charge is -2.29. The molecule has 0 aliphatic carbocycles. The third-order valence-corrected chi connectivity index (χ3v) is 7.13. The molecule has 1 atom stereocenters. The Morgan fingerprint density at radius 2 is 1.62 bits per heavy atom. The van der Waals surface area contributed by atoms with Crippen LogP contribution in [0.5, 0.6) is 0 Å². The Morgan fingerprint density at radius 3 is 2.24 bits per heavy atom. The molecule has 7 nitrogen and oxygen atoms in total. The van der Waals surface area contributed by atoms with Gasteiger partial charge in [0.15, 0.2) is 0 Å². The van der Waals surface area contributed by atoms with E-state index in [4.69, 9.17) is 0 Å². The Hall–Kier alpha value is -3.35. The van der Waals surface area contributed by atoms with Crippen molar-refractivity contribution in [3.8, 4) is 0 Å². The predicted octanol–water partition coefficient (Wildman–Crippen LogP) is 5.00. The van der Waals surface area contributed by atoms with Gasteiger partial charge in [0.2, 0.25) is 11.8 Å². The lowest BCUT2D eigenvalue weighted by atomic mass is 9.95. The zero-order valence-electron chi connectivity index (χ0n) is 23.0. The van der Waals surface area contributed by atoms with E-state index in [1.54, 1.807) is 11.0 Å². The quantitative estimate of drug-likeness (QED) is 0.520. The van der Waals surface area contributed by atoms with E-state index in [9.17, 15) is 14.4 Å². The van der Waals surface area contributed by atoms with Gasteiger partial charge in [-0.2, -0.15) is 0 Å². The number of carbonyl (C=O) groups excluding carboxylic acids is 3. The minimum absolute atomic E-state index is 0.0482. The fraction of sp³-hybridized carbons (Fsp3) is 0.500. The van der Waals surface area contributed by atoms with Gasteiger partial charge in [-0.3, -0.25) is 14.4 Å². The van der Waals surface area contributed by atoms with Crippen LogP contribution in [-0.2, 0) is 9.59 Å². The number of carbonyl (C=O) groups is 3. The van der Waals surface area contributed by atoms with Crippen LogP contribution in [0, 0.1) is 5.92 Å². The summed E-state index contributed by atoms with van der Waals surface area (Å²) in [7, 11) is 0. The molecular formula is C30H42N4O3. The van der Waals surface area contributed by atoms with Crippen LogP contribution in [0.2, 0.25) is 0 Å². The lowest BCUT2D eigenvalue weighted by molar-refractivity contribution is -0.132. The topological polar surface area (TPSA) is 73.0 Å². The summed E-state index contributed by atoms with van der Waals surface area (Å²) in [6, 6.07) is 15.6. The maximum absolute atomic E-state index is 13.5. The normalized spacial score (nSPS) is 14.8. The zero-order valence-corrected chi connectivity index (χ0v) is 23.0. The van der Waals surface area contributed by atoms with E-state index >= 15 is 0 Å². The van der Waals surface area contributed by atoms with Gasteiger partial charge in [-0.05, 0) is 50.5 Å². The summed E-state index contributed by atoms with van der Waals surface area (Å²) in [5.41, 5.74) is 3.12. The standard InChI is InChI=1S/C30H42N4O3/c1-6-25(23-13-10-9-11-14-23)29(36)34-18-12-17-33(19-20-34)27-16-15-24(31-28(35)22(4)5)21-26(27)30(37)32(7-2)8-3/h9-11,13-16,21-22,25H,6-8,12,17-20H2,1-5H3,(H,31,35)/t25-/m0/s1. The van der Waals surface area contributed by atoms with Gasteiger partial charge in [0.25, 0.3) is 5.91 Å². The minimum atomic E-state index is -0.154. The van der Waals surface area contributed by atoms with E-state index in [0.717, 1.165) is 30.6 Å². The first-order valence-electron chi connectivity index (χ1n) is 13.6. The molecule has 7 heteroatoms. The second kappa shape index (κ2) is 13.3. The highest BCUT2D eigenvalue weighted by atomic mass is 16.2. The lowest BCUT2D eigenvalue weighted by Crippen LogP contribution is -2.38. The van der Waals surface area contributed by atoms with Crippen molar-refractivity contribution >= 4 is 29.1 Å². The summed E-state index contributed by atoms with van der Waals surface area (Å²) in [5.74, 6) is -0.258. The zero-order chi connectivity index (χ0) is 26.9. The molecule has 1 aliphatic heterocycles. The Labute approximate surface area is 221 Å². The van der Waals surface area contributed by atoms with E-state index in [-0.39, 0.29) is 29.6 Å². The summed E-state index contributed by atoms with van der Waals surface area (Å²) in [4.78, 5) is 45.3. The van der Waals surface area contributed by atoms with Crippen molar-refractivity contribution in [2.24, 2.45) is 5.92 Å². The van der Waals surface area contributed by atoms with Gasteiger partial charge in [-0.25, -0.2) is 0 Å². The molecule has 2 aromatic carbocycles. The maximum atomic E-state index is 13.5. The van der Waals surface area contributed by atoms with Gasteiger partial charge in [0.05, 0.1) is 11.5 Å². The van der Waals surface area contributed by atoms with Crippen LogP contribution in [0.25, 0.3) is 0 Å². The van der Waals surface area contributed by atoms with Gasteiger partial charge in [-0.15, -0.1) is 0 Å². The molecule has 37 heavy (non-hydrogen) atoms. The molecule has 3 rings (SSSR count). The van der Waals surface area contributed by atoms with Crippen molar-refractivity contribution < 1.29 is 14.4 Å². The van der Waals surface area contributed by atoms with Crippen molar-refractivity contribution in [3.05, 3.63) is 59.7 Å². The summed E-state index contributed by atoms with van der Waals surface area (Å²) < 4.78 is 0. The van der Waals surface area contributed by atoms with Gasteiger partial charge in [0.1, 0.15) is 0 Å². The molecule has 0 radical (unpaired) electrons. The van der Waals surface area contributed by atoms with Crippen LogP contribution < -0.4 is 10.2 Å². The number of hydrogen-bond acceptors (Lipinski definition) is 4. The highest BCUT2D eigenvalue weighted by Gasteiger charge is 2.28. The Morgan fingerprint density at radius 1 is 0.919 bits per heavy atom. The number of amides is 3. The Balaban J connectivity index is 1.84. The first-order valence-corrected chi connectivity index (χ1v) is 13.6. The first kappa shape index (κ1) is 28.2. The van der Waals surface area contributed by atoms with Crippen LogP contribution in [-0.4, -0.2) is 66.8 Å². The molecule has 1 aliphatic rings. The van der Waals surface area contributed by atoms with Gasteiger partial charge >= 0.3 is 0 Å². The van der Waals surface area contributed by atoms with Crippen molar-refractivity contribution in [2.45, 2.75) is 53.4 Å². The highest BCUT2D eigenvalue weighted by Crippen LogP contribution is 2.29. The molecule has 200 valence electrons. The average molecular weight is 507 g/mol. The monoisotopic (exact) mass is 506 g/mol. The average Bonchev–Trinajstić information content (AvgIpc) is 3.16. The summed E-state index contributed by atoms with van der Waals surface area (Å²) in [6.07, 6.45) is 1.58. The van der Waals surface area contributed by atoms with Crippen molar-refractivity contribution in [1.29, 1.82) is 0 Å². The molecule has 1 heterocycles. The second-order valence-electron chi connectivity index (χ2n) is 9.89. The van der Waals surface area contributed by atoms with Gasteiger partial charge in [-0.1, -0.05) is 51.1 Å². The largest absolute Gasteiger partial charge is 0.369 e. The van der Waals surface area contributed by atoms with E-state index in [2.05, 4.69) is 17.1 Å². The molecule has 0 unspecified atom stereocenters. The van der Waals surface area contributed by atoms with E-state index < -0.39 is 0 Å². The second-order valence-corrected chi connectivity index (χ2v) is 9.89. The Bertz CT molecular complexity index is 1070. The molecule has 1 saturated heterocycles. The smallest absolute Gasteiger partial charge is 0.256 e. The first-order chi connectivity index (χ1) is 17.8. The number of hydrogen-bond donors (Lipinski definition) is 1. The van der Waals surface area contributed by atoms with Crippen LogP contribution in [0.3, 0.4) is 0 Å². The third kappa shape index (κ3) is 6.90. The molecule has 3 amide bonds. The van der Waals surface area contributed by atoms with Crippen molar-refractivity contribution in [3.63, 3.8) is 0 Å². The van der Waals surface area contributed by atoms with Crippen LogP contribution in [0.4, 0.5) is 11.4 Å². The maximum Gasteiger partial charge on any atom is 0.256 e. The number of nitrogens with one attached hydrogen (secondary N) is 1. The summed E-state index contributed by atoms with van der Waals surface area (Å²) in [6.45, 7) is 13.6. The van der Waals surface area contributed by atoms with Gasteiger partial charge in [0, 0.05) is 56.6 Å². The molecule has 0 bridgehead atoms. The molecule has 0 aromatic heterocycles. The Kier molecular flexibility index (Phi) is 10.1.